The van der Waals surface area contributed by atoms with E-state index in [-0.39, 0.29) is 13.2 Å². The number of aliphatic hydroxyl groups is 2. The van der Waals surface area contributed by atoms with Crippen LogP contribution in [0.25, 0.3) is 6.08 Å². The Morgan fingerprint density at radius 1 is 0.967 bits per heavy atom. The lowest BCUT2D eigenvalue weighted by Gasteiger charge is -2.16. The average molecular weight is 398 g/mol. The molecule has 0 saturated carbocycles. The Morgan fingerprint density at radius 3 is 2.27 bits per heavy atom. The van der Waals surface area contributed by atoms with E-state index in [9.17, 15) is 10.2 Å². The molecule has 0 aliphatic carbocycles. The molecule has 30 heavy (non-hydrogen) atoms. The highest BCUT2D eigenvalue weighted by atomic mass is 16.3. The zero-order chi connectivity index (χ0) is 21.3. The molecule has 8 heteroatoms. The van der Waals surface area contributed by atoms with E-state index in [1.54, 1.807) is 54.7 Å². The molecule has 0 unspecified atom stereocenters. The molecule has 1 heterocycles. The summed E-state index contributed by atoms with van der Waals surface area (Å²) in [6.45, 7) is -0.518. The van der Waals surface area contributed by atoms with E-state index in [0.29, 0.717) is 39.7 Å². The van der Waals surface area contributed by atoms with Gasteiger partial charge < -0.3 is 20.8 Å². The molecule has 0 saturated heterocycles. The summed E-state index contributed by atoms with van der Waals surface area (Å²) in [5.41, 5.74) is 3.63. The van der Waals surface area contributed by atoms with Gasteiger partial charge in [-0.2, -0.15) is 15.5 Å². The largest absolute Gasteiger partial charge is 0.392 e. The van der Waals surface area contributed by atoms with Crippen molar-refractivity contribution >= 4 is 29.2 Å². The summed E-state index contributed by atoms with van der Waals surface area (Å²) >= 11 is 0. The van der Waals surface area contributed by atoms with Gasteiger partial charge in [0.05, 0.1) is 36.6 Å². The molecule has 0 radical (unpaired) electrons. The number of aromatic nitrogens is 2. The van der Waals surface area contributed by atoms with Crippen LogP contribution >= 0.6 is 0 Å². The maximum atomic E-state index is 9.78. The number of nitrogens with zero attached hydrogens (tertiary/aromatic N) is 4. The van der Waals surface area contributed by atoms with Gasteiger partial charge in [-0.25, -0.2) is 4.98 Å². The second-order valence-electron chi connectivity index (χ2n) is 6.20. The van der Waals surface area contributed by atoms with Crippen molar-refractivity contribution in [3.8, 4) is 12.1 Å². The lowest BCUT2D eigenvalue weighted by atomic mass is 10.0. The molecule has 4 N–H and O–H groups in total. The van der Waals surface area contributed by atoms with Crippen molar-refractivity contribution in [3.05, 3.63) is 77.0 Å². The van der Waals surface area contributed by atoms with Crippen LogP contribution in [0.4, 0.5) is 23.1 Å². The van der Waals surface area contributed by atoms with Crippen LogP contribution in [0, 0.1) is 22.7 Å². The number of aliphatic hydroxyl groups excluding tert-OH is 2. The molecule has 1 aromatic heterocycles. The van der Waals surface area contributed by atoms with Gasteiger partial charge in [0.1, 0.15) is 5.82 Å². The van der Waals surface area contributed by atoms with E-state index >= 15 is 0 Å². The first-order chi connectivity index (χ1) is 14.7. The van der Waals surface area contributed by atoms with E-state index in [1.165, 1.54) is 6.08 Å². The van der Waals surface area contributed by atoms with Gasteiger partial charge in [-0.1, -0.05) is 0 Å². The van der Waals surface area contributed by atoms with E-state index in [2.05, 4.69) is 26.7 Å². The molecule has 8 nitrogen and oxygen atoms in total. The maximum Gasteiger partial charge on any atom is 0.229 e. The van der Waals surface area contributed by atoms with Gasteiger partial charge in [-0.05, 0) is 54.1 Å². The van der Waals surface area contributed by atoms with Crippen molar-refractivity contribution < 1.29 is 10.2 Å². The van der Waals surface area contributed by atoms with Gasteiger partial charge >= 0.3 is 0 Å². The van der Waals surface area contributed by atoms with Crippen LogP contribution < -0.4 is 10.6 Å². The first kappa shape index (κ1) is 20.5. The third-order valence-electron chi connectivity index (χ3n) is 4.19. The first-order valence-electron chi connectivity index (χ1n) is 8.97. The molecule has 0 aliphatic rings. The van der Waals surface area contributed by atoms with Crippen LogP contribution in [0.5, 0.6) is 0 Å². The minimum Gasteiger partial charge on any atom is -0.392 e. The van der Waals surface area contributed by atoms with Crippen LogP contribution in [-0.4, -0.2) is 20.2 Å². The smallest absolute Gasteiger partial charge is 0.229 e. The molecule has 0 bridgehead atoms. The predicted molar refractivity (Wildman–Crippen MR) is 113 cm³/mol. The molecule has 0 amide bonds. The summed E-state index contributed by atoms with van der Waals surface area (Å²) in [6, 6.07) is 16.0. The number of benzene rings is 2. The minimum absolute atomic E-state index is 0.259. The van der Waals surface area contributed by atoms with E-state index in [1.807, 2.05) is 6.07 Å². The van der Waals surface area contributed by atoms with E-state index in [0.717, 1.165) is 5.69 Å². The highest BCUT2D eigenvalue weighted by Crippen LogP contribution is 2.28. The van der Waals surface area contributed by atoms with Gasteiger partial charge in [0, 0.05) is 29.1 Å². The van der Waals surface area contributed by atoms with E-state index < -0.39 is 0 Å². The molecular weight excluding hydrogens is 380 g/mol. The SMILES string of the molecule is N#C/C=C/c1cc(CO)c(Nc2ccnc(Nc3ccc(C#N)cc3)n2)c(CO)c1. The second kappa shape index (κ2) is 9.80. The zero-order valence-electron chi connectivity index (χ0n) is 15.9. The van der Waals surface area contributed by atoms with Crippen LogP contribution in [0.15, 0.2) is 54.7 Å². The maximum absolute atomic E-state index is 9.78. The van der Waals surface area contributed by atoms with Crippen LogP contribution in [0.2, 0.25) is 0 Å². The zero-order valence-corrected chi connectivity index (χ0v) is 15.9. The lowest BCUT2D eigenvalue weighted by Crippen LogP contribution is -2.05. The summed E-state index contributed by atoms with van der Waals surface area (Å²) in [7, 11) is 0. The van der Waals surface area contributed by atoms with E-state index in [4.69, 9.17) is 10.5 Å². The molecule has 2 aromatic carbocycles. The number of nitriles is 2. The number of hydrogen-bond donors (Lipinski definition) is 4. The fourth-order valence-corrected chi connectivity index (χ4v) is 2.81. The Bertz CT molecular complexity index is 1120. The topological polar surface area (TPSA) is 138 Å². The second-order valence-corrected chi connectivity index (χ2v) is 6.20. The number of rotatable bonds is 7. The summed E-state index contributed by atoms with van der Waals surface area (Å²) in [5.74, 6) is 0.806. The van der Waals surface area contributed by atoms with Crippen molar-refractivity contribution in [1.82, 2.24) is 9.97 Å². The van der Waals surface area contributed by atoms with Crippen LogP contribution in [0.3, 0.4) is 0 Å². The first-order valence-corrected chi connectivity index (χ1v) is 8.97. The number of anilines is 4. The van der Waals surface area contributed by atoms with Gasteiger partial charge in [-0.3, -0.25) is 0 Å². The Hall–Kier alpha value is -4.24. The molecule has 0 atom stereocenters. The Labute approximate surface area is 173 Å². The molecule has 148 valence electrons. The van der Waals surface area contributed by atoms with Crippen LogP contribution in [0.1, 0.15) is 22.3 Å². The van der Waals surface area contributed by atoms with Gasteiger partial charge in [0.2, 0.25) is 5.95 Å². The van der Waals surface area contributed by atoms with Crippen molar-refractivity contribution in [2.24, 2.45) is 0 Å². The normalized spacial score (nSPS) is 10.4. The minimum atomic E-state index is -0.259. The van der Waals surface area contributed by atoms with Crippen molar-refractivity contribution in [2.75, 3.05) is 10.6 Å². The highest BCUT2D eigenvalue weighted by Gasteiger charge is 2.11. The molecule has 0 fully saturated rings. The van der Waals surface area contributed by atoms with Crippen molar-refractivity contribution in [2.45, 2.75) is 13.2 Å². The monoisotopic (exact) mass is 398 g/mol. The molecule has 0 aliphatic heterocycles. The fraction of sp³-hybridized carbons (Fsp3) is 0.0909. The standard InChI is InChI=1S/C22H18N6O2/c23-8-1-2-16-10-17(13-29)21(18(11-16)14-30)27-20-7-9-25-22(28-20)26-19-5-3-15(12-24)4-6-19/h1-7,9-11,29-30H,13-14H2,(H2,25,26,27,28)/b2-1+. The number of nitrogens with one attached hydrogen (secondary N) is 2. The summed E-state index contributed by atoms with van der Waals surface area (Å²) in [5, 5.41) is 43.3. The lowest BCUT2D eigenvalue weighted by molar-refractivity contribution is 0.276. The molecule has 0 spiro atoms. The van der Waals surface area contributed by atoms with Gasteiger partial charge in [-0.15, -0.1) is 0 Å². The van der Waals surface area contributed by atoms with Crippen LogP contribution in [-0.2, 0) is 13.2 Å². The average Bonchev–Trinajstić information content (AvgIpc) is 2.78. The van der Waals surface area contributed by atoms with Crippen molar-refractivity contribution in [1.29, 1.82) is 10.5 Å². The number of allylic oxidation sites excluding steroid dienone is 1. The van der Waals surface area contributed by atoms with Crippen molar-refractivity contribution in [3.63, 3.8) is 0 Å². The Morgan fingerprint density at radius 2 is 1.67 bits per heavy atom. The quantitative estimate of drug-likeness (QED) is 0.445. The molecular formula is C22H18N6O2. The molecule has 3 aromatic rings. The Kier molecular flexibility index (Phi) is 6.70. The fourth-order valence-electron chi connectivity index (χ4n) is 2.81. The van der Waals surface area contributed by atoms with Gasteiger partial charge in [0.15, 0.2) is 0 Å². The summed E-state index contributed by atoms with van der Waals surface area (Å²) in [6.07, 6.45) is 4.51. The number of hydrogen-bond acceptors (Lipinski definition) is 8. The third kappa shape index (κ3) is 4.97. The molecule has 3 rings (SSSR count). The Balaban J connectivity index is 1.87. The van der Waals surface area contributed by atoms with Gasteiger partial charge in [0.25, 0.3) is 0 Å². The third-order valence-corrected chi connectivity index (χ3v) is 4.19. The highest BCUT2D eigenvalue weighted by molar-refractivity contribution is 5.69. The predicted octanol–water partition coefficient (Wildman–Crippen LogP) is 3.36. The summed E-state index contributed by atoms with van der Waals surface area (Å²) < 4.78 is 0. The summed E-state index contributed by atoms with van der Waals surface area (Å²) in [4.78, 5) is 8.60.